The van der Waals surface area contributed by atoms with Crippen molar-refractivity contribution in [3.8, 4) is 0 Å². The van der Waals surface area contributed by atoms with E-state index < -0.39 is 0 Å². The van der Waals surface area contributed by atoms with Crippen molar-refractivity contribution in [2.75, 3.05) is 5.75 Å². The molecule has 1 aliphatic rings. The van der Waals surface area contributed by atoms with Crippen LogP contribution in [0.15, 0.2) is 6.20 Å². The van der Waals surface area contributed by atoms with Crippen molar-refractivity contribution in [2.24, 2.45) is 0 Å². The maximum Gasteiger partial charge on any atom is 0.195 e. The molecule has 0 radical (unpaired) electrons. The second-order valence-corrected chi connectivity index (χ2v) is 5.65. The van der Waals surface area contributed by atoms with Gasteiger partial charge in [-0.15, -0.1) is 0 Å². The van der Waals surface area contributed by atoms with Crippen LogP contribution in [0.2, 0.25) is 5.02 Å². The second kappa shape index (κ2) is 5.23. The molecule has 5 heteroatoms. The van der Waals surface area contributed by atoms with Gasteiger partial charge in [-0.05, 0) is 25.0 Å². The molecule has 0 aromatic carbocycles. The molecule has 1 unspecified atom stereocenters. The summed E-state index contributed by atoms with van der Waals surface area (Å²) in [6.07, 6.45) is 4.62. The standard InChI is InChI=1S/C11H15ClN2OS/c1-2-5-14-10(8(12)7-13-14)11(15)9-4-3-6-16-9/h7,9H,2-6H2,1H3. The van der Waals surface area contributed by atoms with Crippen LogP contribution < -0.4 is 0 Å². The average molecular weight is 259 g/mol. The maximum atomic E-state index is 12.3. The van der Waals surface area contributed by atoms with Gasteiger partial charge in [0.25, 0.3) is 0 Å². The number of nitrogens with zero attached hydrogens (tertiary/aromatic N) is 2. The Hall–Kier alpha value is -0.480. The number of hydrogen-bond acceptors (Lipinski definition) is 3. The van der Waals surface area contributed by atoms with Crippen molar-refractivity contribution in [1.29, 1.82) is 0 Å². The van der Waals surface area contributed by atoms with E-state index in [0.717, 1.165) is 31.6 Å². The zero-order chi connectivity index (χ0) is 11.5. The number of ketones is 1. The lowest BCUT2D eigenvalue weighted by Crippen LogP contribution is -2.19. The monoisotopic (exact) mass is 258 g/mol. The molecule has 1 aromatic heterocycles. The number of halogens is 1. The molecule has 0 saturated carbocycles. The molecule has 88 valence electrons. The maximum absolute atomic E-state index is 12.3. The smallest absolute Gasteiger partial charge is 0.195 e. The molecule has 1 aromatic rings. The fraction of sp³-hybridized carbons (Fsp3) is 0.636. The van der Waals surface area contributed by atoms with Crippen molar-refractivity contribution >= 4 is 29.1 Å². The third-order valence-electron chi connectivity index (χ3n) is 2.69. The Bertz CT molecular complexity index is 385. The molecular weight excluding hydrogens is 244 g/mol. The van der Waals surface area contributed by atoms with Gasteiger partial charge in [0.1, 0.15) is 5.69 Å². The zero-order valence-electron chi connectivity index (χ0n) is 9.28. The molecule has 0 bridgehead atoms. The average Bonchev–Trinajstić information content (AvgIpc) is 2.88. The normalized spacial score (nSPS) is 20.2. The van der Waals surface area contributed by atoms with E-state index in [-0.39, 0.29) is 11.0 Å². The summed E-state index contributed by atoms with van der Waals surface area (Å²) >= 11 is 7.78. The minimum Gasteiger partial charge on any atom is -0.291 e. The summed E-state index contributed by atoms with van der Waals surface area (Å²) in [5.41, 5.74) is 0.600. The molecule has 2 heterocycles. The van der Waals surface area contributed by atoms with Gasteiger partial charge in [0, 0.05) is 6.54 Å². The van der Waals surface area contributed by atoms with Gasteiger partial charge < -0.3 is 0 Å². The molecule has 0 spiro atoms. The summed E-state index contributed by atoms with van der Waals surface area (Å²) in [6, 6.07) is 0. The van der Waals surface area contributed by atoms with Crippen LogP contribution in [0.1, 0.15) is 36.7 Å². The quantitative estimate of drug-likeness (QED) is 0.779. The van der Waals surface area contributed by atoms with Crippen LogP contribution in [0.25, 0.3) is 0 Å². The fourth-order valence-electron chi connectivity index (χ4n) is 1.93. The molecule has 2 rings (SSSR count). The van der Waals surface area contributed by atoms with Gasteiger partial charge in [-0.2, -0.15) is 16.9 Å². The molecule has 1 fully saturated rings. The largest absolute Gasteiger partial charge is 0.291 e. The molecule has 0 amide bonds. The lowest BCUT2D eigenvalue weighted by Gasteiger charge is -2.10. The van der Waals surface area contributed by atoms with Crippen LogP contribution in [0.5, 0.6) is 0 Å². The molecule has 16 heavy (non-hydrogen) atoms. The van der Waals surface area contributed by atoms with E-state index in [4.69, 9.17) is 11.6 Å². The van der Waals surface area contributed by atoms with E-state index in [9.17, 15) is 4.79 Å². The minimum atomic E-state index is 0.0878. The summed E-state index contributed by atoms with van der Waals surface area (Å²) in [6.45, 7) is 2.82. The topological polar surface area (TPSA) is 34.9 Å². The van der Waals surface area contributed by atoms with Gasteiger partial charge >= 0.3 is 0 Å². The molecule has 1 saturated heterocycles. The van der Waals surface area contributed by atoms with Crippen LogP contribution >= 0.6 is 23.4 Å². The third-order valence-corrected chi connectivity index (χ3v) is 4.34. The molecule has 1 aliphatic heterocycles. The number of carbonyl (C=O) groups is 1. The summed E-state index contributed by atoms with van der Waals surface area (Å²) in [7, 11) is 0. The number of carbonyl (C=O) groups excluding carboxylic acids is 1. The third kappa shape index (κ3) is 2.28. The highest BCUT2D eigenvalue weighted by atomic mass is 35.5. The number of hydrogen-bond donors (Lipinski definition) is 0. The van der Waals surface area contributed by atoms with Crippen molar-refractivity contribution in [3.63, 3.8) is 0 Å². The summed E-state index contributed by atoms with van der Waals surface area (Å²) < 4.78 is 1.74. The number of Topliss-reactive ketones (excluding diaryl/α,β-unsaturated/α-hetero) is 1. The molecule has 0 N–H and O–H groups in total. The molecule has 1 atom stereocenters. The molecule has 0 aliphatic carbocycles. The Morgan fingerprint density at radius 2 is 2.56 bits per heavy atom. The number of aryl methyl sites for hydroxylation is 1. The summed E-state index contributed by atoms with van der Waals surface area (Å²) in [4.78, 5) is 12.3. The van der Waals surface area contributed by atoms with Crippen LogP contribution in [-0.2, 0) is 6.54 Å². The van der Waals surface area contributed by atoms with Crippen molar-refractivity contribution in [3.05, 3.63) is 16.9 Å². The Balaban J connectivity index is 2.23. The first-order chi connectivity index (χ1) is 7.74. The first kappa shape index (κ1) is 12.0. The Kier molecular flexibility index (Phi) is 3.92. The first-order valence-electron chi connectivity index (χ1n) is 5.61. The predicted octanol–water partition coefficient (Wildman–Crippen LogP) is 3.02. The molecule has 3 nitrogen and oxygen atoms in total. The minimum absolute atomic E-state index is 0.0878. The SMILES string of the molecule is CCCn1ncc(Cl)c1C(=O)C1CCCS1. The van der Waals surface area contributed by atoms with E-state index in [1.165, 1.54) is 0 Å². The van der Waals surface area contributed by atoms with Crippen LogP contribution in [0.3, 0.4) is 0 Å². The molecular formula is C11H15ClN2OS. The van der Waals surface area contributed by atoms with Gasteiger partial charge in [-0.3, -0.25) is 9.48 Å². The van der Waals surface area contributed by atoms with Gasteiger partial charge in [-0.25, -0.2) is 0 Å². The number of aromatic nitrogens is 2. The highest BCUT2D eigenvalue weighted by molar-refractivity contribution is 8.00. The lowest BCUT2D eigenvalue weighted by atomic mass is 10.1. The van der Waals surface area contributed by atoms with Gasteiger partial charge in [0.2, 0.25) is 0 Å². The number of thioether (sulfide) groups is 1. The van der Waals surface area contributed by atoms with Crippen molar-refractivity contribution < 1.29 is 4.79 Å². The van der Waals surface area contributed by atoms with E-state index in [2.05, 4.69) is 12.0 Å². The van der Waals surface area contributed by atoms with E-state index >= 15 is 0 Å². The van der Waals surface area contributed by atoms with Crippen molar-refractivity contribution in [1.82, 2.24) is 9.78 Å². The van der Waals surface area contributed by atoms with Crippen LogP contribution in [0, 0.1) is 0 Å². The van der Waals surface area contributed by atoms with Gasteiger partial charge in [-0.1, -0.05) is 18.5 Å². The summed E-state index contributed by atoms with van der Waals surface area (Å²) in [5.74, 6) is 1.23. The summed E-state index contributed by atoms with van der Waals surface area (Å²) in [5, 5.41) is 4.73. The van der Waals surface area contributed by atoms with Crippen LogP contribution in [0.4, 0.5) is 0 Å². The first-order valence-corrected chi connectivity index (χ1v) is 7.03. The Morgan fingerprint density at radius 3 is 3.19 bits per heavy atom. The van der Waals surface area contributed by atoms with Gasteiger partial charge in [0.05, 0.1) is 16.5 Å². The number of rotatable bonds is 4. The van der Waals surface area contributed by atoms with Crippen molar-refractivity contribution in [2.45, 2.75) is 38.0 Å². The predicted molar refractivity (Wildman–Crippen MR) is 67.3 cm³/mol. The Labute approximate surface area is 105 Å². The lowest BCUT2D eigenvalue weighted by molar-refractivity contribution is 0.0978. The fourth-order valence-corrected chi connectivity index (χ4v) is 3.37. The highest BCUT2D eigenvalue weighted by Crippen LogP contribution is 2.31. The van der Waals surface area contributed by atoms with E-state index in [1.807, 2.05) is 0 Å². The van der Waals surface area contributed by atoms with Gasteiger partial charge in [0.15, 0.2) is 5.78 Å². The van der Waals surface area contributed by atoms with E-state index in [0.29, 0.717) is 10.7 Å². The highest BCUT2D eigenvalue weighted by Gasteiger charge is 2.28. The Morgan fingerprint density at radius 1 is 1.75 bits per heavy atom. The second-order valence-electron chi connectivity index (χ2n) is 3.93. The zero-order valence-corrected chi connectivity index (χ0v) is 10.9. The van der Waals surface area contributed by atoms with Crippen LogP contribution in [-0.4, -0.2) is 26.6 Å². The van der Waals surface area contributed by atoms with E-state index in [1.54, 1.807) is 22.6 Å².